The fraction of sp³-hybridized carbons (Fsp3) is 0.435. The molecular formula is C23H30N2O4S. The highest BCUT2D eigenvalue weighted by atomic mass is 32.2. The molecule has 1 amide bonds. The molecule has 0 N–H and O–H groups in total. The molecule has 7 heteroatoms. The molecule has 2 aromatic carbocycles. The van der Waals surface area contributed by atoms with E-state index in [1.807, 2.05) is 38.1 Å². The normalized spacial score (nSPS) is 18.6. The third-order valence-electron chi connectivity index (χ3n) is 5.94. The minimum Gasteiger partial charge on any atom is -0.496 e. The van der Waals surface area contributed by atoms with E-state index in [1.165, 1.54) is 12.1 Å². The van der Waals surface area contributed by atoms with Crippen molar-refractivity contribution >= 4 is 15.9 Å². The molecule has 6 nitrogen and oxygen atoms in total. The third kappa shape index (κ3) is 4.37. The standard InChI is InChI=1S/C23H30N2O4S/c1-17-9-7-8-16-25(17)30(27,28)20-14-12-19(13-15-20)23(26)24(3)18(2)21-10-5-6-11-22(21)29-4/h5-6,10-15,17-18H,7-9,16H2,1-4H3. The molecule has 0 aromatic heterocycles. The van der Waals surface area contributed by atoms with Crippen LogP contribution in [-0.4, -0.2) is 50.3 Å². The Labute approximate surface area is 179 Å². The lowest BCUT2D eigenvalue weighted by Crippen LogP contribution is -2.41. The van der Waals surface area contributed by atoms with Crippen molar-refractivity contribution in [2.75, 3.05) is 20.7 Å². The Balaban J connectivity index is 1.79. The number of carbonyl (C=O) groups excluding carboxylic acids is 1. The van der Waals surface area contributed by atoms with Gasteiger partial charge in [-0.1, -0.05) is 24.6 Å². The smallest absolute Gasteiger partial charge is 0.254 e. The van der Waals surface area contributed by atoms with Gasteiger partial charge in [-0.15, -0.1) is 0 Å². The van der Waals surface area contributed by atoms with Crippen LogP contribution in [0.1, 0.15) is 55.1 Å². The van der Waals surface area contributed by atoms with Gasteiger partial charge in [0.2, 0.25) is 10.0 Å². The lowest BCUT2D eigenvalue weighted by molar-refractivity contribution is 0.0741. The van der Waals surface area contributed by atoms with Gasteiger partial charge < -0.3 is 9.64 Å². The molecule has 0 spiro atoms. The first-order valence-corrected chi connectivity index (χ1v) is 11.7. The number of amides is 1. The second-order valence-corrected chi connectivity index (χ2v) is 9.71. The first-order valence-electron chi connectivity index (χ1n) is 10.3. The van der Waals surface area contributed by atoms with E-state index >= 15 is 0 Å². The highest BCUT2D eigenvalue weighted by molar-refractivity contribution is 7.89. The highest BCUT2D eigenvalue weighted by Crippen LogP contribution is 2.29. The Morgan fingerprint density at radius 3 is 2.43 bits per heavy atom. The van der Waals surface area contributed by atoms with Crippen molar-refractivity contribution in [2.45, 2.75) is 50.1 Å². The first kappa shape index (κ1) is 22.3. The number of benzene rings is 2. The quantitative estimate of drug-likeness (QED) is 0.692. The molecule has 0 radical (unpaired) electrons. The molecule has 0 aliphatic carbocycles. The van der Waals surface area contributed by atoms with Gasteiger partial charge in [-0.25, -0.2) is 8.42 Å². The van der Waals surface area contributed by atoms with Gasteiger partial charge in [-0.2, -0.15) is 4.31 Å². The average Bonchev–Trinajstić information content (AvgIpc) is 2.77. The Morgan fingerprint density at radius 1 is 1.13 bits per heavy atom. The predicted molar refractivity (Wildman–Crippen MR) is 117 cm³/mol. The van der Waals surface area contributed by atoms with Crippen LogP contribution < -0.4 is 4.74 Å². The van der Waals surface area contributed by atoms with Crippen LogP contribution >= 0.6 is 0 Å². The molecule has 1 saturated heterocycles. The summed E-state index contributed by atoms with van der Waals surface area (Å²) in [5, 5.41) is 0. The summed E-state index contributed by atoms with van der Waals surface area (Å²) in [5.41, 5.74) is 1.36. The zero-order chi connectivity index (χ0) is 21.9. The fourth-order valence-electron chi connectivity index (χ4n) is 3.93. The Bertz CT molecular complexity index is 989. The van der Waals surface area contributed by atoms with Crippen LogP contribution in [-0.2, 0) is 10.0 Å². The van der Waals surface area contributed by atoms with Crippen molar-refractivity contribution in [1.82, 2.24) is 9.21 Å². The highest BCUT2D eigenvalue weighted by Gasteiger charge is 2.31. The van der Waals surface area contributed by atoms with Crippen molar-refractivity contribution in [3.05, 3.63) is 59.7 Å². The molecule has 162 valence electrons. The van der Waals surface area contributed by atoms with Crippen molar-refractivity contribution in [1.29, 1.82) is 0 Å². The van der Waals surface area contributed by atoms with Crippen molar-refractivity contribution < 1.29 is 17.9 Å². The lowest BCUT2D eigenvalue weighted by atomic mass is 10.0. The van der Waals surface area contributed by atoms with Crippen LogP contribution in [0, 0.1) is 0 Å². The number of piperidine rings is 1. The fourth-order valence-corrected chi connectivity index (χ4v) is 5.63. The molecule has 0 bridgehead atoms. The van der Waals surface area contributed by atoms with E-state index in [1.54, 1.807) is 35.5 Å². The van der Waals surface area contributed by atoms with E-state index in [2.05, 4.69) is 0 Å². The number of methoxy groups -OCH3 is 1. The number of hydrogen-bond donors (Lipinski definition) is 0. The Hall–Kier alpha value is -2.38. The van der Waals surface area contributed by atoms with Crippen LogP contribution in [0.25, 0.3) is 0 Å². The summed E-state index contributed by atoms with van der Waals surface area (Å²) in [6.45, 7) is 4.43. The van der Waals surface area contributed by atoms with Gasteiger partial charge in [-0.3, -0.25) is 4.79 Å². The van der Waals surface area contributed by atoms with Gasteiger partial charge in [0.15, 0.2) is 0 Å². The molecule has 1 aliphatic heterocycles. The zero-order valence-electron chi connectivity index (χ0n) is 18.0. The average molecular weight is 431 g/mol. The maximum atomic E-state index is 13.0. The van der Waals surface area contributed by atoms with Gasteiger partial charge in [0.05, 0.1) is 18.0 Å². The van der Waals surface area contributed by atoms with E-state index in [-0.39, 0.29) is 22.9 Å². The molecule has 2 aromatic rings. The van der Waals surface area contributed by atoms with Crippen LogP contribution in [0.5, 0.6) is 5.75 Å². The Kier molecular flexibility index (Phi) is 6.83. The second-order valence-electron chi connectivity index (χ2n) is 7.82. The molecule has 2 atom stereocenters. The van der Waals surface area contributed by atoms with E-state index in [0.717, 1.165) is 30.6 Å². The summed E-state index contributed by atoms with van der Waals surface area (Å²) in [4.78, 5) is 14.9. The van der Waals surface area contributed by atoms with Gasteiger partial charge in [0.1, 0.15) is 5.75 Å². The number of carbonyl (C=O) groups is 1. The van der Waals surface area contributed by atoms with Crippen molar-refractivity contribution in [3.63, 3.8) is 0 Å². The molecule has 30 heavy (non-hydrogen) atoms. The maximum Gasteiger partial charge on any atom is 0.254 e. The monoisotopic (exact) mass is 430 g/mol. The minimum atomic E-state index is -3.55. The summed E-state index contributed by atoms with van der Waals surface area (Å²) < 4.78 is 33.0. The lowest BCUT2D eigenvalue weighted by Gasteiger charge is -2.32. The van der Waals surface area contributed by atoms with Gasteiger partial charge in [-0.05, 0) is 57.0 Å². The Morgan fingerprint density at radius 2 is 1.80 bits per heavy atom. The van der Waals surface area contributed by atoms with Crippen LogP contribution in [0.15, 0.2) is 53.4 Å². The predicted octanol–water partition coefficient (Wildman–Crippen LogP) is 4.09. The maximum absolute atomic E-state index is 13.0. The number of nitrogens with zero attached hydrogens (tertiary/aromatic N) is 2. The molecule has 3 rings (SSSR count). The van der Waals surface area contributed by atoms with E-state index in [0.29, 0.717) is 12.1 Å². The molecular weight excluding hydrogens is 400 g/mol. The van der Waals surface area contributed by atoms with Crippen molar-refractivity contribution in [3.8, 4) is 5.75 Å². The summed E-state index contributed by atoms with van der Waals surface area (Å²) in [5.74, 6) is 0.547. The molecule has 1 aliphatic rings. The number of ether oxygens (including phenoxy) is 1. The molecule has 1 fully saturated rings. The summed E-state index contributed by atoms with van der Waals surface area (Å²) in [6.07, 6.45) is 2.81. The van der Waals surface area contributed by atoms with Crippen LogP contribution in [0.3, 0.4) is 0 Å². The van der Waals surface area contributed by atoms with E-state index < -0.39 is 10.0 Å². The van der Waals surface area contributed by atoms with Crippen LogP contribution in [0.2, 0.25) is 0 Å². The molecule has 2 unspecified atom stereocenters. The van der Waals surface area contributed by atoms with Crippen molar-refractivity contribution in [2.24, 2.45) is 0 Å². The summed E-state index contributed by atoms with van der Waals surface area (Å²) >= 11 is 0. The zero-order valence-corrected chi connectivity index (χ0v) is 18.9. The summed E-state index contributed by atoms with van der Waals surface area (Å²) in [6, 6.07) is 13.6. The van der Waals surface area contributed by atoms with Crippen LogP contribution in [0.4, 0.5) is 0 Å². The minimum absolute atomic E-state index is 0.00195. The number of sulfonamides is 1. The largest absolute Gasteiger partial charge is 0.496 e. The number of hydrogen-bond acceptors (Lipinski definition) is 4. The molecule has 0 saturated carbocycles. The third-order valence-corrected chi connectivity index (χ3v) is 7.97. The summed E-state index contributed by atoms with van der Waals surface area (Å²) in [7, 11) is -0.208. The molecule has 1 heterocycles. The SMILES string of the molecule is COc1ccccc1C(C)N(C)C(=O)c1ccc(S(=O)(=O)N2CCCCC2C)cc1. The van der Waals surface area contributed by atoms with E-state index in [4.69, 9.17) is 4.74 Å². The topological polar surface area (TPSA) is 66.9 Å². The second kappa shape index (κ2) is 9.18. The first-order chi connectivity index (χ1) is 14.3. The number of para-hydroxylation sites is 1. The van der Waals surface area contributed by atoms with Gasteiger partial charge in [0, 0.05) is 30.8 Å². The van der Waals surface area contributed by atoms with Gasteiger partial charge in [0.25, 0.3) is 5.91 Å². The van der Waals surface area contributed by atoms with Gasteiger partial charge >= 0.3 is 0 Å². The number of rotatable bonds is 6. The van der Waals surface area contributed by atoms with E-state index in [9.17, 15) is 13.2 Å².